The molecular formula is C11H9N3O3. The molecule has 17 heavy (non-hydrogen) atoms. The van der Waals surface area contributed by atoms with Gasteiger partial charge in [-0.3, -0.25) is 4.98 Å². The highest BCUT2D eigenvalue weighted by molar-refractivity contribution is 5.85. The normalized spacial score (nSPS) is 9.94. The predicted molar refractivity (Wildman–Crippen MR) is 58.0 cm³/mol. The summed E-state index contributed by atoms with van der Waals surface area (Å²) in [6.07, 6.45) is 2.97. The van der Waals surface area contributed by atoms with E-state index in [1.165, 1.54) is 12.3 Å². The van der Waals surface area contributed by atoms with Crippen LogP contribution >= 0.6 is 0 Å². The van der Waals surface area contributed by atoms with Gasteiger partial charge in [-0.05, 0) is 25.1 Å². The van der Waals surface area contributed by atoms with E-state index in [2.05, 4.69) is 15.0 Å². The summed E-state index contributed by atoms with van der Waals surface area (Å²) in [5.74, 6) is -0.629. The first-order valence-corrected chi connectivity index (χ1v) is 4.82. The first kappa shape index (κ1) is 11.0. The summed E-state index contributed by atoms with van der Waals surface area (Å²) in [6, 6.07) is 4.70. The van der Waals surface area contributed by atoms with Crippen molar-refractivity contribution in [3.05, 3.63) is 42.0 Å². The molecule has 2 heterocycles. The van der Waals surface area contributed by atoms with Gasteiger partial charge in [0.05, 0.1) is 5.69 Å². The number of nitrogens with zero attached hydrogens (tertiary/aromatic N) is 3. The Morgan fingerprint density at radius 3 is 2.82 bits per heavy atom. The Hall–Kier alpha value is -2.50. The van der Waals surface area contributed by atoms with E-state index in [0.717, 1.165) is 0 Å². The molecule has 0 fully saturated rings. The van der Waals surface area contributed by atoms with E-state index in [-0.39, 0.29) is 11.7 Å². The van der Waals surface area contributed by atoms with Gasteiger partial charge in [0.2, 0.25) is 0 Å². The monoisotopic (exact) mass is 231 g/mol. The molecule has 0 aliphatic carbocycles. The highest BCUT2D eigenvalue weighted by Gasteiger charge is 2.08. The van der Waals surface area contributed by atoms with Crippen LogP contribution in [0.25, 0.3) is 0 Å². The average Bonchev–Trinajstić information content (AvgIpc) is 2.32. The van der Waals surface area contributed by atoms with Crippen LogP contribution in [0.5, 0.6) is 11.8 Å². The topological polar surface area (TPSA) is 85.2 Å². The summed E-state index contributed by atoms with van der Waals surface area (Å²) in [6.45, 7) is 1.77. The van der Waals surface area contributed by atoms with Crippen molar-refractivity contribution >= 4 is 5.97 Å². The predicted octanol–water partition coefficient (Wildman–Crippen LogP) is 1.67. The van der Waals surface area contributed by atoms with E-state index in [1.807, 2.05) is 0 Å². The highest BCUT2D eigenvalue weighted by Crippen LogP contribution is 2.19. The van der Waals surface area contributed by atoms with Crippen LogP contribution in [-0.2, 0) is 0 Å². The minimum atomic E-state index is -1.12. The van der Waals surface area contributed by atoms with E-state index in [9.17, 15) is 4.79 Å². The second-order valence-corrected chi connectivity index (χ2v) is 3.22. The summed E-state index contributed by atoms with van der Waals surface area (Å²) in [5.41, 5.74) is 0.563. The fourth-order valence-electron chi connectivity index (χ4n) is 1.18. The van der Waals surface area contributed by atoms with Crippen molar-refractivity contribution in [1.82, 2.24) is 15.0 Å². The largest absolute Gasteiger partial charge is 0.477 e. The van der Waals surface area contributed by atoms with Crippen molar-refractivity contribution in [3.8, 4) is 11.8 Å². The van der Waals surface area contributed by atoms with Gasteiger partial charge in [0.1, 0.15) is 0 Å². The summed E-state index contributed by atoms with van der Waals surface area (Å²) < 4.78 is 5.35. The molecule has 0 saturated heterocycles. The third-order valence-corrected chi connectivity index (χ3v) is 2.01. The number of ether oxygens (including phenoxy) is 1. The number of carboxylic acid groups (broad SMARTS) is 1. The van der Waals surface area contributed by atoms with E-state index in [1.54, 1.807) is 25.3 Å². The molecule has 0 spiro atoms. The smallest absolute Gasteiger partial charge is 0.354 e. The molecule has 6 nitrogen and oxygen atoms in total. The maximum absolute atomic E-state index is 10.7. The van der Waals surface area contributed by atoms with Gasteiger partial charge in [0.15, 0.2) is 11.4 Å². The molecular weight excluding hydrogens is 222 g/mol. The number of pyridine rings is 1. The molecule has 0 atom stereocenters. The lowest BCUT2D eigenvalue weighted by molar-refractivity contribution is 0.0689. The number of aryl methyl sites for hydroxylation is 1. The lowest BCUT2D eigenvalue weighted by atomic mass is 10.3. The van der Waals surface area contributed by atoms with E-state index >= 15 is 0 Å². The van der Waals surface area contributed by atoms with Crippen molar-refractivity contribution in [2.45, 2.75) is 6.92 Å². The van der Waals surface area contributed by atoms with Crippen LogP contribution < -0.4 is 4.74 Å². The Morgan fingerprint density at radius 1 is 1.29 bits per heavy atom. The molecule has 0 amide bonds. The molecule has 6 heteroatoms. The van der Waals surface area contributed by atoms with Crippen LogP contribution in [0.3, 0.4) is 0 Å². The zero-order valence-corrected chi connectivity index (χ0v) is 8.99. The zero-order chi connectivity index (χ0) is 12.3. The molecule has 0 aromatic carbocycles. The highest BCUT2D eigenvalue weighted by atomic mass is 16.5. The van der Waals surface area contributed by atoms with Gasteiger partial charge in [-0.25, -0.2) is 9.78 Å². The van der Waals surface area contributed by atoms with E-state index in [0.29, 0.717) is 11.4 Å². The number of aromatic nitrogens is 3. The van der Waals surface area contributed by atoms with E-state index in [4.69, 9.17) is 9.84 Å². The van der Waals surface area contributed by atoms with Crippen LogP contribution in [0, 0.1) is 6.92 Å². The molecule has 2 aromatic heterocycles. The van der Waals surface area contributed by atoms with Crippen molar-refractivity contribution in [1.29, 1.82) is 0 Å². The number of carboxylic acids is 1. The Balaban J connectivity index is 2.28. The fraction of sp³-hybridized carbons (Fsp3) is 0.0909. The fourth-order valence-corrected chi connectivity index (χ4v) is 1.18. The third kappa shape index (κ3) is 2.54. The molecule has 0 radical (unpaired) electrons. The molecule has 86 valence electrons. The van der Waals surface area contributed by atoms with Gasteiger partial charge < -0.3 is 9.84 Å². The summed E-state index contributed by atoms with van der Waals surface area (Å²) >= 11 is 0. The molecule has 2 aromatic rings. The summed E-state index contributed by atoms with van der Waals surface area (Å²) in [4.78, 5) is 22.3. The quantitative estimate of drug-likeness (QED) is 0.864. The number of rotatable bonds is 3. The Bertz CT molecular complexity index is 557. The number of aromatic carboxylic acids is 1. The van der Waals surface area contributed by atoms with Crippen molar-refractivity contribution in [2.75, 3.05) is 0 Å². The summed E-state index contributed by atoms with van der Waals surface area (Å²) in [7, 11) is 0. The SMILES string of the molecule is Cc1ncccc1Oc1nccc(C(=O)O)n1. The second-order valence-electron chi connectivity index (χ2n) is 3.22. The van der Waals surface area contributed by atoms with Gasteiger partial charge in [-0.15, -0.1) is 0 Å². The Morgan fingerprint density at radius 2 is 2.12 bits per heavy atom. The van der Waals surface area contributed by atoms with Gasteiger partial charge in [-0.1, -0.05) is 0 Å². The van der Waals surface area contributed by atoms with Crippen LogP contribution in [0.4, 0.5) is 0 Å². The lowest BCUT2D eigenvalue weighted by Gasteiger charge is -2.05. The maximum atomic E-state index is 10.7. The molecule has 0 bridgehead atoms. The van der Waals surface area contributed by atoms with Crippen LogP contribution in [-0.4, -0.2) is 26.0 Å². The maximum Gasteiger partial charge on any atom is 0.354 e. The first-order chi connectivity index (χ1) is 8.16. The third-order valence-electron chi connectivity index (χ3n) is 2.01. The molecule has 0 aliphatic heterocycles. The summed E-state index contributed by atoms with van der Waals surface area (Å²) in [5, 5.41) is 8.77. The standard InChI is InChI=1S/C11H9N3O3/c1-7-9(3-2-5-12-7)17-11-13-6-4-8(14-11)10(15)16/h2-6H,1H3,(H,15,16). The van der Waals surface area contributed by atoms with Crippen molar-refractivity contribution in [2.24, 2.45) is 0 Å². The zero-order valence-electron chi connectivity index (χ0n) is 8.99. The number of carbonyl (C=O) groups is 1. The average molecular weight is 231 g/mol. The van der Waals surface area contributed by atoms with Gasteiger partial charge in [0.25, 0.3) is 0 Å². The van der Waals surface area contributed by atoms with Crippen LogP contribution in [0.1, 0.15) is 16.2 Å². The van der Waals surface area contributed by atoms with Crippen molar-refractivity contribution in [3.63, 3.8) is 0 Å². The minimum absolute atomic E-state index is 0.0130. The van der Waals surface area contributed by atoms with Gasteiger partial charge in [-0.2, -0.15) is 4.98 Å². The lowest BCUT2D eigenvalue weighted by Crippen LogP contribution is -2.02. The number of hydrogen-bond donors (Lipinski definition) is 1. The molecule has 2 rings (SSSR count). The van der Waals surface area contributed by atoms with Crippen LogP contribution in [0.15, 0.2) is 30.6 Å². The van der Waals surface area contributed by atoms with Crippen LogP contribution in [0.2, 0.25) is 0 Å². The first-order valence-electron chi connectivity index (χ1n) is 4.82. The van der Waals surface area contributed by atoms with E-state index < -0.39 is 5.97 Å². The Kier molecular flexibility index (Phi) is 2.95. The van der Waals surface area contributed by atoms with Crippen molar-refractivity contribution < 1.29 is 14.6 Å². The molecule has 0 unspecified atom stereocenters. The number of hydrogen-bond acceptors (Lipinski definition) is 5. The van der Waals surface area contributed by atoms with Gasteiger partial charge in [0, 0.05) is 12.4 Å². The van der Waals surface area contributed by atoms with Gasteiger partial charge >= 0.3 is 12.0 Å². The Labute approximate surface area is 96.9 Å². The second kappa shape index (κ2) is 4.56. The molecule has 0 saturated carbocycles. The minimum Gasteiger partial charge on any atom is -0.477 e. The molecule has 0 aliphatic rings. The molecule has 1 N–H and O–H groups in total.